The number of amides is 2. The minimum absolute atomic E-state index is 0.0884. The van der Waals surface area contributed by atoms with E-state index in [1.54, 1.807) is 28.6 Å². The van der Waals surface area contributed by atoms with Crippen molar-refractivity contribution in [3.05, 3.63) is 66.1 Å². The summed E-state index contributed by atoms with van der Waals surface area (Å²) in [5.74, 6) is 0.978. The summed E-state index contributed by atoms with van der Waals surface area (Å²) in [6, 6.07) is 13.2. The van der Waals surface area contributed by atoms with Gasteiger partial charge in [0.05, 0.1) is 11.6 Å². The largest absolute Gasteiger partial charge is 0.339 e. The molecule has 1 N–H and O–H groups in total. The van der Waals surface area contributed by atoms with Gasteiger partial charge in [-0.3, -0.25) is 0 Å². The van der Waals surface area contributed by atoms with Crippen molar-refractivity contribution in [2.24, 2.45) is 0 Å². The predicted octanol–water partition coefficient (Wildman–Crippen LogP) is 3.57. The number of rotatable bonds is 4. The summed E-state index contributed by atoms with van der Waals surface area (Å²) >= 11 is 0. The molecule has 0 spiro atoms. The molecule has 2 aromatic heterocycles. The molecule has 2 aromatic carbocycles. The molecule has 11 heteroatoms. The van der Waals surface area contributed by atoms with E-state index in [4.69, 9.17) is 4.52 Å². The third-order valence-corrected chi connectivity index (χ3v) is 5.55. The summed E-state index contributed by atoms with van der Waals surface area (Å²) in [5, 5.41) is 18.4. The number of anilines is 1. The minimum atomic E-state index is -0.362. The zero-order chi connectivity index (χ0) is 22.8. The van der Waals surface area contributed by atoms with Crippen LogP contribution in [0.5, 0.6) is 0 Å². The van der Waals surface area contributed by atoms with Gasteiger partial charge >= 0.3 is 6.03 Å². The first kappa shape index (κ1) is 20.7. The maximum absolute atomic E-state index is 13.5. The Morgan fingerprint density at radius 3 is 2.91 bits per heavy atom. The Bertz CT molecular complexity index is 1290. The van der Waals surface area contributed by atoms with Gasteiger partial charge in [-0.25, -0.2) is 9.18 Å². The molecule has 5 rings (SSSR count). The Balaban J connectivity index is 1.27. The highest BCUT2D eigenvalue weighted by atomic mass is 19.1. The number of halogens is 1. The molecule has 3 heterocycles. The molecule has 10 nitrogen and oxygen atoms in total. The van der Waals surface area contributed by atoms with E-state index >= 15 is 0 Å². The maximum atomic E-state index is 13.5. The average molecular weight is 448 g/mol. The summed E-state index contributed by atoms with van der Waals surface area (Å²) in [6.45, 7) is 2.87. The first-order valence-electron chi connectivity index (χ1n) is 10.6. The lowest BCUT2D eigenvalue weighted by atomic mass is 9.98. The second-order valence-corrected chi connectivity index (χ2v) is 7.87. The molecule has 1 atom stereocenters. The standard InChI is InChI=1S/C22H21FN8O2/c1-14-26-28-29-31(14)19-9-3-8-18(12-19)24-22(32)30-10-4-6-16(13-30)21-25-20(27-33-21)15-5-2-7-17(23)11-15/h2-3,5,7-9,11-12,16H,4,6,10,13H2,1H3,(H,24,32). The molecule has 0 radical (unpaired) electrons. The van der Waals surface area contributed by atoms with Gasteiger partial charge in [0.25, 0.3) is 0 Å². The first-order chi connectivity index (χ1) is 16.1. The van der Waals surface area contributed by atoms with Crippen molar-refractivity contribution >= 4 is 11.7 Å². The number of piperidine rings is 1. The number of aromatic nitrogens is 6. The lowest BCUT2D eigenvalue weighted by molar-refractivity contribution is 0.184. The van der Waals surface area contributed by atoms with Gasteiger partial charge in [0.1, 0.15) is 5.82 Å². The van der Waals surface area contributed by atoms with E-state index in [2.05, 4.69) is 31.0 Å². The van der Waals surface area contributed by atoms with Crippen LogP contribution < -0.4 is 5.32 Å². The Morgan fingerprint density at radius 1 is 1.21 bits per heavy atom. The van der Waals surface area contributed by atoms with Gasteiger partial charge in [0.15, 0.2) is 5.82 Å². The number of aryl methyl sites for hydroxylation is 1. The highest BCUT2D eigenvalue weighted by Crippen LogP contribution is 2.28. The van der Waals surface area contributed by atoms with E-state index in [0.29, 0.717) is 41.9 Å². The molecule has 0 bridgehead atoms. The maximum Gasteiger partial charge on any atom is 0.321 e. The summed E-state index contributed by atoms with van der Waals surface area (Å²) in [4.78, 5) is 19.1. The summed E-state index contributed by atoms with van der Waals surface area (Å²) in [7, 11) is 0. The van der Waals surface area contributed by atoms with Crippen LogP contribution in [0.15, 0.2) is 53.1 Å². The number of benzene rings is 2. The lowest BCUT2D eigenvalue weighted by Crippen LogP contribution is -2.41. The van der Waals surface area contributed by atoms with Crippen molar-refractivity contribution in [3.63, 3.8) is 0 Å². The summed E-state index contributed by atoms with van der Waals surface area (Å²) in [6.07, 6.45) is 1.63. The van der Waals surface area contributed by atoms with Crippen LogP contribution in [0.1, 0.15) is 30.5 Å². The van der Waals surface area contributed by atoms with Crippen molar-refractivity contribution < 1.29 is 13.7 Å². The van der Waals surface area contributed by atoms with E-state index in [1.165, 1.54) is 12.1 Å². The number of tetrazole rings is 1. The SMILES string of the molecule is Cc1nnnn1-c1cccc(NC(=O)N2CCCC(c3nc(-c4cccc(F)c4)no3)C2)c1. The number of carbonyl (C=O) groups excluding carboxylic acids is 1. The van der Waals surface area contributed by atoms with Gasteiger partial charge in [-0.1, -0.05) is 23.4 Å². The fraction of sp³-hybridized carbons (Fsp3) is 0.273. The molecule has 1 saturated heterocycles. The molecule has 1 fully saturated rings. The van der Waals surface area contributed by atoms with Crippen molar-refractivity contribution in [2.75, 3.05) is 18.4 Å². The van der Waals surface area contributed by atoms with Crippen molar-refractivity contribution in [1.82, 2.24) is 35.2 Å². The molecule has 168 valence electrons. The molecule has 0 saturated carbocycles. The third-order valence-electron chi connectivity index (χ3n) is 5.55. The van der Waals surface area contributed by atoms with Crippen LogP contribution in [0.25, 0.3) is 17.1 Å². The number of hydrogen-bond donors (Lipinski definition) is 1. The van der Waals surface area contributed by atoms with Crippen molar-refractivity contribution in [3.8, 4) is 17.1 Å². The molecule has 0 aliphatic carbocycles. The van der Waals surface area contributed by atoms with Crippen LogP contribution in [-0.2, 0) is 0 Å². The number of hydrogen-bond acceptors (Lipinski definition) is 7. The molecule has 1 aliphatic rings. The van der Waals surface area contributed by atoms with Gasteiger partial charge in [0, 0.05) is 24.3 Å². The fourth-order valence-electron chi connectivity index (χ4n) is 3.90. The minimum Gasteiger partial charge on any atom is -0.339 e. The van der Waals surface area contributed by atoms with Crippen LogP contribution in [0.4, 0.5) is 14.9 Å². The number of nitrogens with one attached hydrogen (secondary N) is 1. The van der Waals surface area contributed by atoms with Crippen LogP contribution in [-0.4, -0.2) is 54.4 Å². The van der Waals surface area contributed by atoms with Crippen LogP contribution in [0.3, 0.4) is 0 Å². The summed E-state index contributed by atoms with van der Waals surface area (Å²) < 4.78 is 20.6. The van der Waals surface area contributed by atoms with Crippen molar-refractivity contribution in [1.29, 1.82) is 0 Å². The Labute approximate surface area is 188 Å². The molecular formula is C22H21FN8O2. The van der Waals surface area contributed by atoms with E-state index < -0.39 is 0 Å². The van der Waals surface area contributed by atoms with Crippen LogP contribution in [0.2, 0.25) is 0 Å². The molecule has 1 aliphatic heterocycles. The third kappa shape index (κ3) is 4.43. The van der Waals surface area contributed by atoms with E-state index in [1.807, 2.05) is 24.3 Å². The topological polar surface area (TPSA) is 115 Å². The van der Waals surface area contributed by atoms with Crippen molar-refractivity contribution in [2.45, 2.75) is 25.7 Å². The van der Waals surface area contributed by atoms with E-state index in [-0.39, 0.29) is 17.8 Å². The van der Waals surface area contributed by atoms with E-state index in [9.17, 15) is 9.18 Å². The zero-order valence-electron chi connectivity index (χ0n) is 17.8. The summed E-state index contributed by atoms with van der Waals surface area (Å²) in [5.41, 5.74) is 1.94. The van der Waals surface area contributed by atoms with Gasteiger partial charge in [-0.05, 0) is 60.5 Å². The first-order valence-corrected chi connectivity index (χ1v) is 10.6. The second-order valence-electron chi connectivity index (χ2n) is 7.87. The Kier molecular flexibility index (Phi) is 5.51. The number of likely N-dealkylation sites (tertiary alicyclic amines) is 1. The second kappa shape index (κ2) is 8.77. The Hall–Kier alpha value is -4.15. The quantitative estimate of drug-likeness (QED) is 0.507. The highest BCUT2D eigenvalue weighted by Gasteiger charge is 2.29. The molecule has 2 amide bonds. The molecule has 4 aromatic rings. The van der Waals surface area contributed by atoms with Gasteiger partial charge in [0.2, 0.25) is 11.7 Å². The normalized spacial score (nSPS) is 16.1. The Morgan fingerprint density at radius 2 is 2.09 bits per heavy atom. The van der Waals surface area contributed by atoms with Gasteiger partial charge in [-0.2, -0.15) is 9.67 Å². The molecule has 33 heavy (non-hydrogen) atoms. The van der Waals surface area contributed by atoms with Gasteiger partial charge in [-0.15, -0.1) is 5.10 Å². The zero-order valence-corrected chi connectivity index (χ0v) is 17.8. The highest BCUT2D eigenvalue weighted by molar-refractivity contribution is 5.89. The number of nitrogens with zero attached hydrogens (tertiary/aromatic N) is 7. The fourth-order valence-corrected chi connectivity index (χ4v) is 3.90. The van der Waals surface area contributed by atoms with Gasteiger partial charge < -0.3 is 14.7 Å². The number of urea groups is 1. The predicted molar refractivity (Wildman–Crippen MR) is 116 cm³/mol. The molecular weight excluding hydrogens is 427 g/mol. The number of carbonyl (C=O) groups is 1. The monoisotopic (exact) mass is 448 g/mol. The lowest BCUT2D eigenvalue weighted by Gasteiger charge is -2.31. The smallest absolute Gasteiger partial charge is 0.321 e. The average Bonchev–Trinajstić information content (AvgIpc) is 3.49. The van der Waals surface area contributed by atoms with Crippen LogP contribution in [0, 0.1) is 12.7 Å². The molecule has 1 unspecified atom stereocenters. The van der Waals surface area contributed by atoms with E-state index in [0.717, 1.165) is 18.5 Å². The van der Waals surface area contributed by atoms with Crippen LogP contribution >= 0.6 is 0 Å².